The second-order valence-corrected chi connectivity index (χ2v) is 6.28. The van der Waals surface area contributed by atoms with Gasteiger partial charge in [-0.1, -0.05) is 6.42 Å². The number of rotatable bonds is 4. The first-order chi connectivity index (χ1) is 7.65. The molecule has 1 unspecified atom stereocenters. The minimum Gasteiger partial charge on any atom is -0.480 e. The van der Waals surface area contributed by atoms with Crippen LogP contribution in [-0.4, -0.2) is 46.6 Å². The molecule has 1 aliphatic heterocycles. The van der Waals surface area contributed by atoms with Crippen molar-refractivity contribution in [2.45, 2.75) is 37.6 Å². The molecule has 1 aliphatic carbocycles. The zero-order chi connectivity index (χ0) is 11.6. The van der Waals surface area contributed by atoms with Crippen LogP contribution < -0.4 is 0 Å². The van der Waals surface area contributed by atoms with E-state index in [0.29, 0.717) is 0 Å². The highest BCUT2D eigenvalue weighted by atomic mass is 32.2. The summed E-state index contributed by atoms with van der Waals surface area (Å²) in [6.45, 7) is 0.965. The van der Waals surface area contributed by atoms with Gasteiger partial charge in [-0.25, -0.2) is 0 Å². The molecular weight excluding hydrogens is 222 g/mol. The molecule has 1 atom stereocenters. The summed E-state index contributed by atoms with van der Waals surface area (Å²) in [5, 5.41) is 9.51. The van der Waals surface area contributed by atoms with E-state index in [4.69, 9.17) is 0 Å². The summed E-state index contributed by atoms with van der Waals surface area (Å²) in [6.07, 6.45) is 5.75. The maximum absolute atomic E-state index is 11.6. The fraction of sp³-hybridized carbons (Fsp3) is 0.917. The molecule has 0 radical (unpaired) electrons. The van der Waals surface area contributed by atoms with Gasteiger partial charge in [0.05, 0.1) is 0 Å². The third-order valence-corrected chi connectivity index (χ3v) is 5.36. The van der Waals surface area contributed by atoms with Crippen molar-refractivity contribution < 1.29 is 9.90 Å². The van der Waals surface area contributed by atoms with Gasteiger partial charge in [0.2, 0.25) is 0 Å². The molecule has 4 heteroatoms. The van der Waals surface area contributed by atoms with Crippen molar-refractivity contribution >= 4 is 17.7 Å². The molecule has 1 heterocycles. The monoisotopic (exact) mass is 243 g/mol. The van der Waals surface area contributed by atoms with Crippen molar-refractivity contribution in [3.8, 4) is 0 Å². The van der Waals surface area contributed by atoms with Crippen molar-refractivity contribution in [3.05, 3.63) is 0 Å². The summed E-state index contributed by atoms with van der Waals surface area (Å²) in [5.74, 6) is 1.99. The topological polar surface area (TPSA) is 40.5 Å². The molecule has 0 aromatic carbocycles. The van der Waals surface area contributed by atoms with Gasteiger partial charge in [0, 0.05) is 12.3 Å². The number of nitrogens with zero attached hydrogens (tertiary/aromatic N) is 1. The number of likely N-dealkylation sites (N-methyl/N-ethyl adjacent to an activating group) is 1. The molecule has 92 valence electrons. The van der Waals surface area contributed by atoms with E-state index in [-0.39, 0.29) is 0 Å². The summed E-state index contributed by atoms with van der Waals surface area (Å²) in [7, 11) is 2.00. The van der Waals surface area contributed by atoms with Gasteiger partial charge in [0.15, 0.2) is 0 Å². The molecule has 1 N–H and O–H groups in total. The predicted octanol–water partition coefficient (Wildman–Crippen LogP) is 2.07. The number of aliphatic carboxylic acids is 1. The molecular formula is C12H21NO2S. The highest BCUT2D eigenvalue weighted by Crippen LogP contribution is 2.35. The Balaban J connectivity index is 2.01. The van der Waals surface area contributed by atoms with Crippen molar-refractivity contribution in [2.24, 2.45) is 5.92 Å². The Morgan fingerprint density at radius 1 is 1.50 bits per heavy atom. The number of carboxylic acids is 1. The van der Waals surface area contributed by atoms with Crippen LogP contribution in [0.1, 0.15) is 32.1 Å². The van der Waals surface area contributed by atoms with Crippen LogP contribution in [0.2, 0.25) is 0 Å². The number of carbonyl (C=O) groups is 1. The van der Waals surface area contributed by atoms with Gasteiger partial charge >= 0.3 is 5.97 Å². The van der Waals surface area contributed by atoms with E-state index in [1.165, 1.54) is 19.3 Å². The van der Waals surface area contributed by atoms with E-state index >= 15 is 0 Å². The average Bonchev–Trinajstić information content (AvgIpc) is 2.24. The third kappa shape index (κ3) is 2.23. The smallest absolute Gasteiger partial charge is 0.324 e. The van der Waals surface area contributed by atoms with E-state index < -0.39 is 11.5 Å². The molecule has 0 bridgehead atoms. The van der Waals surface area contributed by atoms with Gasteiger partial charge in [0.25, 0.3) is 0 Å². The second kappa shape index (κ2) is 4.96. The standard InChI is InChI=1S/C12H21NO2S/c1-13(8-10-4-2-5-10)12(11(14)15)6-3-7-16-9-12/h10H,2-9H2,1H3,(H,14,15). The Morgan fingerprint density at radius 2 is 2.25 bits per heavy atom. The first-order valence-electron chi connectivity index (χ1n) is 6.17. The van der Waals surface area contributed by atoms with E-state index in [1.54, 1.807) is 11.8 Å². The van der Waals surface area contributed by atoms with E-state index in [9.17, 15) is 9.90 Å². The maximum Gasteiger partial charge on any atom is 0.324 e. The van der Waals surface area contributed by atoms with Crippen molar-refractivity contribution in [2.75, 3.05) is 25.1 Å². The Labute approximate surface area is 102 Å². The molecule has 1 saturated heterocycles. The minimum atomic E-state index is -0.624. The van der Waals surface area contributed by atoms with Crippen molar-refractivity contribution in [3.63, 3.8) is 0 Å². The van der Waals surface area contributed by atoms with E-state index in [1.807, 2.05) is 7.05 Å². The van der Waals surface area contributed by atoms with Crippen molar-refractivity contribution in [1.29, 1.82) is 0 Å². The fourth-order valence-corrected chi connectivity index (χ4v) is 3.97. The third-order valence-electron chi connectivity index (χ3n) is 4.11. The normalized spacial score (nSPS) is 31.4. The molecule has 16 heavy (non-hydrogen) atoms. The number of hydrogen-bond acceptors (Lipinski definition) is 3. The van der Waals surface area contributed by atoms with Gasteiger partial charge in [-0.2, -0.15) is 11.8 Å². The van der Waals surface area contributed by atoms with Crippen LogP contribution in [0.4, 0.5) is 0 Å². The zero-order valence-corrected chi connectivity index (χ0v) is 10.8. The lowest BCUT2D eigenvalue weighted by molar-refractivity contribution is -0.150. The molecule has 0 aromatic rings. The van der Waals surface area contributed by atoms with Crippen LogP contribution in [0.15, 0.2) is 0 Å². The van der Waals surface area contributed by atoms with Gasteiger partial charge in [-0.15, -0.1) is 0 Å². The lowest BCUT2D eigenvalue weighted by Gasteiger charge is -2.43. The Hall–Kier alpha value is -0.220. The first-order valence-corrected chi connectivity index (χ1v) is 7.33. The van der Waals surface area contributed by atoms with Crippen LogP contribution in [0.3, 0.4) is 0 Å². The van der Waals surface area contributed by atoms with Gasteiger partial charge in [-0.3, -0.25) is 9.69 Å². The summed E-state index contributed by atoms with van der Waals surface area (Å²) >= 11 is 1.79. The number of carboxylic acid groups (broad SMARTS) is 1. The summed E-state index contributed by atoms with van der Waals surface area (Å²) in [5.41, 5.74) is -0.585. The lowest BCUT2D eigenvalue weighted by atomic mass is 9.83. The molecule has 0 amide bonds. The molecule has 2 rings (SSSR count). The van der Waals surface area contributed by atoms with Crippen LogP contribution in [0, 0.1) is 5.92 Å². The highest BCUT2D eigenvalue weighted by molar-refractivity contribution is 7.99. The summed E-state index contributed by atoms with van der Waals surface area (Å²) in [4.78, 5) is 13.7. The lowest BCUT2D eigenvalue weighted by Crippen LogP contribution is -2.57. The molecule has 0 spiro atoms. The zero-order valence-electron chi connectivity index (χ0n) is 9.95. The molecule has 0 aromatic heterocycles. The average molecular weight is 243 g/mol. The number of hydrogen-bond donors (Lipinski definition) is 1. The molecule has 2 fully saturated rings. The van der Waals surface area contributed by atoms with Gasteiger partial charge in [0.1, 0.15) is 5.54 Å². The summed E-state index contributed by atoms with van der Waals surface area (Å²) < 4.78 is 0. The number of thioether (sulfide) groups is 1. The van der Waals surface area contributed by atoms with Crippen LogP contribution in [0.5, 0.6) is 0 Å². The molecule has 1 saturated carbocycles. The first kappa shape index (κ1) is 12.2. The summed E-state index contributed by atoms with van der Waals surface area (Å²) in [6, 6.07) is 0. The van der Waals surface area contributed by atoms with Crippen LogP contribution in [-0.2, 0) is 4.79 Å². The fourth-order valence-electron chi connectivity index (χ4n) is 2.65. The predicted molar refractivity (Wildman–Crippen MR) is 66.9 cm³/mol. The Morgan fingerprint density at radius 3 is 2.69 bits per heavy atom. The van der Waals surface area contributed by atoms with E-state index in [0.717, 1.165) is 36.8 Å². The van der Waals surface area contributed by atoms with E-state index in [2.05, 4.69) is 4.90 Å². The van der Waals surface area contributed by atoms with Gasteiger partial charge < -0.3 is 5.11 Å². The van der Waals surface area contributed by atoms with Gasteiger partial charge in [-0.05, 0) is 44.4 Å². The largest absolute Gasteiger partial charge is 0.480 e. The maximum atomic E-state index is 11.6. The molecule has 2 aliphatic rings. The van der Waals surface area contributed by atoms with Crippen LogP contribution >= 0.6 is 11.8 Å². The highest BCUT2D eigenvalue weighted by Gasteiger charge is 2.44. The minimum absolute atomic E-state index is 0.585. The Bertz CT molecular complexity index is 260. The van der Waals surface area contributed by atoms with Crippen LogP contribution in [0.25, 0.3) is 0 Å². The molecule has 3 nitrogen and oxygen atoms in total. The Kier molecular flexibility index (Phi) is 3.80. The SMILES string of the molecule is CN(CC1CCC1)C1(C(=O)O)CCCSC1. The quantitative estimate of drug-likeness (QED) is 0.820. The second-order valence-electron chi connectivity index (χ2n) is 5.17. The van der Waals surface area contributed by atoms with Crippen molar-refractivity contribution in [1.82, 2.24) is 4.90 Å².